The van der Waals surface area contributed by atoms with Crippen LogP contribution in [0.4, 0.5) is 5.82 Å². The number of carbonyl (C=O) groups is 1. The largest absolute Gasteiger partial charge is 0.497 e. The summed E-state index contributed by atoms with van der Waals surface area (Å²) in [6.07, 6.45) is 0. The molecule has 1 amide bonds. The van der Waals surface area contributed by atoms with Crippen LogP contribution in [-0.4, -0.2) is 42.8 Å². The summed E-state index contributed by atoms with van der Waals surface area (Å²) in [5, 5.41) is 7.64. The van der Waals surface area contributed by atoms with Crippen LogP contribution in [0.3, 0.4) is 0 Å². The van der Waals surface area contributed by atoms with Gasteiger partial charge in [0, 0.05) is 11.1 Å². The third kappa shape index (κ3) is 3.47. The van der Waals surface area contributed by atoms with E-state index in [0.717, 1.165) is 28.3 Å². The molecule has 1 unspecified atom stereocenters. The fourth-order valence-electron chi connectivity index (χ4n) is 3.66. The van der Waals surface area contributed by atoms with Crippen molar-refractivity contribution in [1.29, 1.82) is 0 Å². The van der Waals surface area contributed by atoms with Gasteiger partial charge in [-0.3, -0.25) is 4.79 Å². The van der Waals surface area contributed by atoms with Gasteiger partial charge in [0.1, 0.15) is 11.6 Å². The lowest BCUT2D eigenvalue weighted by Crippen LogP contribution is -2.15. The molecule has 2 heterocycles. The topological polar surface area (TPSA) is 74.6 Å². The van der Waals surface area contributed by atoms with Gasteiger partial charge in [0.05, 0.1) is 43.7 Å². The number of anilines is 1. The van der Waals surface area contributed by atoms with E-state index in [2.05, 4.69) is 5.32 Å². The Labute approximate surface area is 179 Å². The van der Waals surface area contributed by atoms with E-state index < -0.39 is 0 Å². The highest BCUT2D eigenvalue weighted by atomic mass is 32.2. The molecule has 30 heavy (non-hydrogen) atoms. The van der Waals surface area contributed by atoms with Gasteiger partial charge in [-0.1, -0.05) is 12.1 Å². The molecule has 8 heteroatoms. The average molecular weight is 426 g/mol. The Bertz CT molecular complexity index is 1080. The Morgan fingerprint density at radius 3 is 2.50 bits per heavy atom. The summed E-state index contributed by atoms with van der Waals surface area (Å²) in [5.41, 5.74) is 3.57. The maximum atomic E-state index is 12.5. The van der Waals surface area contributed by atoms with Crippen molar-refractivity contribution in [2.75, 3.05) is 32.4 Å². The lowest BCUT2D eigenvalue weighted by Gasteiger charge is -2.20. The number of hydrogen-bond acceptors (Lipinski definition) is 6. The maximum Gasteiger partial charge on any atom is 0.235 e. The van der Waals surface area contributed by atoms with Crippen LogP contribution < -0.4 is 19.5 Å². The normalized spacial score (nSPS) is 15.7. The molecule has 2 aromatic carbocycles. The van der Waals surface area contributed by atoms with E-state index in [0.29, 0.717) is 23.1 Å². The summed E-state index contributed by atoms with van der Waals surface area (Å²) >= 11 is 1.54. The summed E-state index contributed by atoms with van der Waals surface area (Å²) in [4.78, 5) is 12.5. The molecule has 0 saturated heterocycles. The van der Waals surface area contributed by atoms with Crippen LogP contribution in [0.25, 0.3) is 5.69 Å². The fourth-order valence-corrected chi connectivity index (χ4v) is 4.86. The second kappa shape index (κ2) is 8.31. The van der Waals surface area contributed by atoms with Gasteiger partial charge >= 0.3 is 0 Å². The molecule has 156 valence electrons. The van der Waals surface area contributed by atoms with Gasteiger partial charge < -0.3 is 19.5 Å². The van der Waals surface area contributed by atoms with E-state index in [9.17, 15) is 4.79 Å². The van der Waals surface area contributed by atoms with Crippen molar-refractivity contribution in [2.24, 2.45) is 0 Å². The minimum absolute atomic E-state index is 0.0692. The predicted octanol–water partition coefficient (Wildman–Crippen LogP) is 3.98. The zero-order valence-electron chi connectivity index (χ0n) is 17.3. The number of benzene rings is 2. The third-order valence-electron chi connectivity index (χ3n) is 5.04. The maximum absolute atomic E-state index is 12.5. The van der Waals surface area contributed by atoms with Crippen molar-refractivity contribution < 1.29 is 19.0 Å². The quantitative estimate of drug-likeness (QED) is 0.667. The number of methoxy groups -OCH3 is 3. The van der Waals surface area contributed by atoms with Gasteiger partial charge in [0.15, 0.2) is 11.5 Å². The number of ether oxygens (including phenoxy) is 3. The van der Waals surface area contributed by atoms with E-state index in [-0.39, 0.29) is 11.2 Å². The first kappa shape index (κ1) is 20.2. The van der Waals surface area contributed by atoms with E-state index in [4.69, 9.17) is 19.3 Å². The molecule has 7 nitrogen and oxygen atoms in total. The molecule has 1 aliphatic rings. The molecule has 0 fully saturated rings. The Morgan fingerprint density at radius 2 is 1.83 bits per heavy atom. The van der Waals surface area contributed by atoms with Crippen LogP contribution in [0.2, 0.25) is 0 Å². The molecule has 3 aromatic rings. The minimum atomic E-state index is -0.143. The number of rotatable bonds is 5. The van der Waals surface area contributed by atoms with E-state index in [1.165, 1.54) is 0 Å². The SMILES string of the molecule is COc1ccc(-n2nc(C)c3c2NC(=O)CSC3c2cccc(OC)c2OC)cc1. The van der Waals surface area contributed by atoms with Gasteiger partial charge in [0.25, 0.3) is 0 Å². The smallest absolute Gasteiger partial charge is 0.235 e. The first-order valence-corrected chi connectivity index (χ1v) is 10.5. The zero-order valence-corrected chi connectivity index (χ0v) is 18.1. The monoisotopic (exact) mass is 425 g/mol. The highest BCUT2D eigenvalue weighted by Gasteiger charge is 2.32. The number of aromatic nitrogens is 2. The number of para-hydroxylation sites is 1. The molecule has 0 aliphatic carbocycles. The second-order valence-corrected chi connectivity index (χ2v) is 7.87. The number of hydrogen-bond donors (Lipinski definition) is 1. The van der Waals surface area contributed by atoms with Gasteiger partial charge in [-0.05, 0) is 37.3 Å². The number of fused-ring (bicyclic) bond motifs is 1. The molecule has 1 N–H and O–H groups in total. The fraction of sp³-hybridized carbons (Fsp3) is 0.273. The summed E-state index contributed by atoms with van der Waals surface area (Å²) in [7, 11) is 4.87. The predicted molar refractivity (Wildman–Crippen MR) is 117 cm³/mol. The molecular weight excluding hydrogens is 402 g/mol. The van der Waals surface area contributed by atoms with Crippen molar-refractivity contribution in [3.63, 3.8) is 0 Å². The number of aryl methyl sites for hydroxylation is 1. The lowest BCUT2D eigenvalue weighted by molar-refractivity contribution is -0.113. The van der Waals surface area contributed by atoms with Crippen LogP contribution in [0.15, 0.2) is 42.5 Å². The molecule has 1 aromatic heterocycles. The molecule has 0 bridgehead atoms. The molecule has 0 radical (unpaired) electrons. The second-order valence-electron chi connectivity index (χ2n) is 6.78. The van der Waals surface area contributed by atoms with Crippen LogP contribution in [0.5, 0.6) is 17.2 Å². The van der Waals surface area contributed by atoms with Crippen LogP contribution >= 0.6 is 11.8 Å². The Kier molecular flexibility index (Phi) is 5.59. The number of nitrogens with one attached hydrogen (secondary N) is 1. The van der Waals surface area contributed by atoms with Crippen molar-refractivity contribution in [3.8, 4) is 22.9 Å². The first-order valence-electron chi connectivity index (χ1n) is 9.43. The van der Waals surface area contributed by atoms with Gasteiger partial charge in [0.2, 0.25) is 5.91 Å². The molecule has 4 rings (SSSR count). The summed E-state index contributed by atoms with van der Waals surface area (Å²) in [6, 6.07) is 13.4. The standard InChI is InChI=1S/C22H23N3O4S/c1-13-19-21(16-6-5-7-17(28-3)20(16)29-4)30-12-18(26)23-22(19)25(24-13)14-8-10-15(27-2)11-9-14/h5-11,21H,12H2,1-4H3,(H,23,26). The number of carbonyl (C=O) groups excluding carboxylic acids is 1. The van der Waals surface area contributed by atoms with E-state index >= 15 is 0 Å². The summed E-state index contributed by atoms with van der Waals surface area (Å²) in [6.45, 7) is 1.95. The first-order chi connectivity index (χ1) is 14.6. The highest BCUT2D eigenvalue weighted by molar-refractivity contribution is 8.00. The number of amides is 1. The average Bonchev–Trinajstić information content (AvgIpc) is 2.98. The van der Waals surface area contributed by atoms with Gasteiger partial charge in [-0.2, -0.15) is 5.10 Å². The zero-order chi connectivity index (χ0) is 21.3. The molecule has 1 atom stereocenters. The van der Waals surface area contributed by atoms with Crippen LogP contribution in [0.1, 0.15) is 22.1 Å². The van der Waals surface area contributed by atoms with Gasteiger partial charge in [-0.25, -0.2) is 4.68 Å². The lowest BCUT2D eigenvalue weighted by atomic mass is 10.0. The van der Waals surface area contributed by atoms with Crippen LogP contribution in [0, 0.1) is 6.92 Å². The minimum Gasteiger partial charge on any atom is -0.497 e. The summed E-state index contributed by atoms with van der Waals surface area (Å²) < 4.78 is 18.2. The molecule has 0 spiro atoms. The number of thioether (sulfide) groups is 1. The Morgan fingerprint density at radius 1 is 1.07 bits per heavy atom. The van der Waals surface area contributed by atoms with E-state index in [1.54, 1.807) is 37.8 Å². The van der Waals surface area contributed by atoms with Crippen molar-refractivity contribution in [1.82, 2.24) is 9.78 Å². The third-order valence-corrected chi connectivity index (χ3v) is 6.29. The van der Waals surface area contributed by atoms with Crippen molar-refractivity contribution in [3.05, 3.63) is 59.3 Å². The van der Waals surface area contributed by atoms with E-state index in [1.807, 2.05) is 49.4 Å². The molecular formula is C22H23N3O4S. The Hall–Kier alpha value is -3.13. The molecule has 0 saturated carbocycles. The summed E-state index contributed by atoms with van der Waals surface area (Å²) in [5.74, 6) is 2.99. The molecule has 1 aliphatic heterocycles. The highest BCUT2D eigenvalue weighted by Crippen LogP contribution is 2.48. The van der Waals surface area contributed by atoms with Crippen molar-refractivity contribution >= 4 is 23.5 Å². The van der Waals surface area contributed by atoms with Crippen molar-refractivity contribution in [2.45, 2.75) is 12.2 Å². The van der Waals surface area contributed by atoms with Gasteiger partial charge in [-0.15, -0.1) is 11.8 Å². The van der Waals surface area contributed by atoms with Crippen LogP contribution in [-0.2, 0) is 4.79 Å². The Balaban J connectivity index is 1.89. The number of nitrogens with zero attached hydrogens (tertiary/aromatic N) is 2.